The maximum Gasteiger partial charge on any atom is 0.337 e. The van der Waals surface area contributed by atoms with Crippen molar-refractivity contribution in [3.05, 3.63) is 59.4 Å². The highest BCUT2D eigenvalue weighted by Gasteiger charge is 2.12. The van der Waals surface area contributed by atoms with E-state index in [1.807, 2.05) is 35.9 Å². The quantitative estimate of drug-likeness (QED) is 0.629. The lowest BCUT2D eigenvalue weighted by Crippen LogP contribution is -2.44. The van der Waals surface area contributed by atoms with Gasteiger partial charge in [0.1, 0.15) is 5.82 Å². The van der Waals surface area contributed by atoms with Gasteiger partial charge >= 0.3 is 6.03 Å². The summed E-state index contributed by atoms with van der Waals surface area (Å²) in [5.41, 5.74) is 6.98. The minimum atomic E-state index is -0.555. The molecular formula is C17H16ClN5O2. The van der Waals surface area contributed by atoms with Gasteiger partial charge in [-0.1, -0.05) is 23.7 Å². The lowest BCUT2D eigenvalue weighted by molar-refractivity contribution is -0.121. The second-order valence-corrected chi connectivity index (χ2v) is 5.82. The average molecular weight is 358 g/mol. The number of carbonyl (C=O) groups is 2. The number of aromatic nitrogens is 2. The molecule has 0 fully saturated rings. The number of hydrogen-bond acceptors (Lipinski definition) is 3. The molecule has 3 rings (SSSR count). The van der Waals surface area contributed by atoms with Crippen LogP contribution in [0.1, 0.15) is 5.82 Å². The Morgan fingerprint density at radius 3 is 2.52 bits per heavy atom. The van der Waals surface area contributed by atoms with Crippen LogP contribution in [0.2, 0.25) is 5.02 Å². The molecule has 0 aliphatic carbocycles. The van der Waals surface area contributed by atoms with E-state index in [4.69, 9.17) is 11.6 Å². The highest BCUT2D eigenvalue weighted by atomic mass is 35.5. The Hall–Kier alpha value is -3.06. The third-order valence-corrected chi connectivity index (χ3v) is 3.87. The van der Waals surface area contributed by atoms with E-state index in [-0.39, 0.29) is 12.3 Å². The molecular weight excluding hydrogens is 342 g/mol. The number of para-hydroxylation sites is 2. The third-order valence-electron chi connectivity index (χ3n) is 3.62. The van der Waals surface area contributed by atoms with E-state index < -0.39 is 6.03 Å². The van der Waals surface area contributed by atoms with Gasteiger partial charge in [-0.25, -0.2) is 15.2 Å². The first-order valence-corrected chi connectivity index (χ1v) is 7.92. The van der Waals surface area contributed by atoms with Crippen LogP contribution in [-0.4, -0.2) is 21.5 Å². The lowest BCUT2D eigenvalue weighted by Gasteiger charge is -2.09. The highest BCUT2D eigenvalue weighted by molar-refractivity contribution is 6.30. The normalized spacial score (nSPS) is 10.5. The molecule has 3 N–H and O–H groups in total. The zero-order valence-electron chi connectivity index (χ0n) is 13.4. The van der Waals surface area contributed by atoms with Gasteiger partial charge in [-0.2, -0.15) is 0 Å². The standard InChI is InChI=1S/C17H16ClN5O2/c1-23-14-5-3-2-4-13(14)20-15(23)10-16(24)21-22-17(25)19-12-8-6-11(18)7-9-12/h2-9H,10H2,1H3,(H,21,24)(H2,19,22,25). The van der Waals surface area contributed by atoms with Crippen molar-refractivity contribution in [2.45, 2.75) is 6.42 Å². The first kappa shape index (κ1) is 16.8. The van der Waals surface area contributed by atoms with Gasteiger partial charge in [0.15, 0.2) is 0 Å². The van der Waals surface area contributed by atoms with Crippen molar-refractivity contribution < 1.29 is 9.59 Å². The highest BCUT2D eigenvalue weighted by Crippen LogP contribution is 2.14. The Balaban J connectivity index is 1.54. The van der Waals surface area contributed by atoms with Gasteiger partial charge in [-0.05, 0) is 36.4 Å². The molecule has 7 nitrogen and oxygen atoms in total. The summed E-state index contributed by atoms with van der Waals surface area (Å²) in [5, 5.41) is 3.15. The summed E-state index contributed by atoms with van der Waals surface area (Å²) in [7, 11) is 1.85. The van der Waals surface area contributed by atoms with E-state index in [1.54, 1.807) is 24.3 Å². The molecule has 0 unspecified atom stereocenters. The maximum atomic E-state index is 12.0. The van der Waals surface area contributed by atoms with Crippen LogP contribution < -0.4 is 16.2 Å². The second kappa shape index (κ2) is 7.23. The summed E-state index contributed by atoms with van der Waals surface area (Å²) in [6.07, 6.45) is 0.0480. The number of carbonyl (C=O) groups excluding carboxylic acids is 2. The van der Waals surface area contributed by atoms with Crippen LogP contribution in [0.25, 0.3) is 11.0 Å². The number of benzene rings is 2. The number of anilines is 1. The Kier molecular flexibility index (Phi) is 4.85. The number of hydrazine groups is 1. The molecule has 1 aromatic heterocycles. The Labute approximate surface area is 149 Å². The van der Waals surface area contributed by atoms with Crippen molar-refractivity contribution in [2.75, 3.05) is 5.32 Å². The van der Waals surface area contributed by atoms with Gasteiger partial charge in [-0.15, -0.1) is 0 Å². The van der Waals surface area contributed by atoms with Crippen molar-refractivity contribution in [1.82, 2.24) is 20.4 Å². The molecule has 0 saturated carbocycles. The zero-order valence-corrected chi connectivity index (χ0v) is 14.2. The van der Waals surface area contributed by atoms with Crippen molar-refractivity contribution in [3.8, 4) is 0 Å². The summed E-state index contributed by atoms with van der Waals surface area (Å²) in [6.45, 7) is 0. The Bertz CT molecular complexity index is 920. The minimum absolute atomic E-state index is 0.0480. The Morgan fingerprint density at radius 2 is 1.80 bits per heavy atom. The summed E-state index contributed by atoms with van der Waals surface area (Å²) in [5.74, 6) is 0.239. The van der Waals surface area contributed by atoms with Gasteiger partial charge in [0.05, 0.1) is 17.5 Å². The predicted octanol–water partition coefficient (Wildman–Crippen LogP) is 2.62. The molecule has 1 heterocycles. The topological polar surface area (TPSA) is 88.0 Å². The molecule has 0 saturated heterocycles. The van der Waals surface area contributed by atoms with Gasteiger partial charge in [0.25, 0.3) is 0 Å². The fourth-order valence-corrected chi connectivity index (χ4v) is 2.49. The summed E-state index contributed by atoms with van der Waals surface area (Å²) in [6, 6.07) is 13.7. The van der Waals surface area contributed by atoms with Crippen LogP contribution >= 0.6 is 11.6 Å². The van der Waals surface area contributed by atoms with E-state index in [2.05, 4.69) is 21.2 Å². The van der Waals surface area contributed by atoms with Gasteiger partial charge in [0.2, 0.25) is 5.91 Å². The number of fused-ring (bicyclic) bond motifs is 1. The number of aryl methyl sites for hydroxylation is 1. The molecule has 128 valence electrons. The summed E-state index contributed by atoms with van der Waals surface area (Å²) >= 11 is 5.78. The first-order chi connectivity index (χ1) is 12.0. The van der Waals surface area contributed by atoms with E-state index in [0.717, 1.165) is 11.0 Å². The third kappa shape index (κ3) is 4.07. The number of nitrogens with zero attached hydrogens (tertiary/aromatic N) is 2. The van der Waals surface area contributed by atoms with Crippen molar-refractivity contribution in [2.24, 2.45) is 7.05 Å². The van der Waals surface area contributed by atoms with Crippen molar-refractivity contribution >= 4 is 40.3 Å². The van der Waals surface area contributed by atoms with E-state index >= 15 is 0 Å². The van der Waals surface area contributed by atoms with Crippen LogP contribution in [0.3, 0.4) is 0 Å². The van der Waals surface area contributed by atoms with Crippen LogP contribution in [-0.2, 0) is 18.3 Å². The van der Waals surface area contributed by atoms with Crippen LogP contribution in [0.4, 0.5) is 10.5 Å². The fourth-order valence-electron chi connectivity index (χ4n) is 2.36. The second-order valence-electron chi connectivity index (χ2n) is 5.39. The largest absolute Gasteiger partial charge is 0.337 e. The number of amides is 3. The molecule has 0 atom stereocenters. The number of urea groups is 1. The molecule has 2 aromatic carbocycles. The number of halogens is 1. The van der Waals surface area contributed by atoms with E-state index in [1.165, 1.54) is 0 Å². The average Bonchev–Trinajstić information content (AvgIpc) is 2.91. The molecule has 0 radical (unpaired) electrons. The van der Waals surface area contributed by atoms with E-state index in [0.29, 0.717) is 16.5 Å². The van der Waals surface area contributed by atoms with E-state index in [9.17, 15) is 9.59 Å². The lowest BCUT2D eigenvalue weighted by atomic mass is 10.3. The van der Waals surface area contributed by atoms with Gasteiger partial charge in [0, 0.05) is 17.8 Å². The zero-order chi connectivity index (χ0) is 17.8. The number of hydrogen-bond donors (Lipinski definition) is 3. The molecule has 25 heavy (non-hydrogen) atoms. The predicted molar refractivity (Wildman–Crippen MR) is 96.2 cm³/mol. The number of imidazole rings is 1. The molecule has 0 spiro atoms. The molecule has 3 amide bonds. The molecule has 0 aliphatic rings. The fraction of sp³-hybridized carbons (Fsp3) is 0.118. The van der Waals surface area contributed by atoms with Gasteiger partial charge in [-0.3, -0.25) is 10.2 Å². The minimum Gasteiger partial charge on any atom is -0.331 e. The SMILES string of the molecule is Cn1c(CC(=O)NNC(=O)Nc2ccc(Cl)cc2)nc2ccccc21. The van der Waals surface area contributed by atoms with Crippen molar-refractivity contribution in [1.29, 1.82) is 0 Å². The molecule has 0 bridgehead atoms. The smallest absolute Gasteiger partial charge is 0.331 e. The van der Waals surface area contributed by atoms with Gasteiger partial charge < -0.3 is 9.88 Å². The van der Waals surface area contributed by atoms with Crippen LogP contribution in [0.5, 0.6) is 0 Å². The Morgan fingerprint density at radius 1 is 1.08 bits per heavy atom. The number of nitrogens with one attached hydrogen (secondary N) is 3. The van der Waals surface area contributed by atoms with Crippen LogP contribution in [0.15, 0.2) is 48.5 Å². The number of rotatable bonds is 3. The molecule has 8 heteroatoms. The molecule has 3 aromatic rings. The summed E-state index contributed by atoms with van der Waals surface area (Å²) < 4.78 is 1.85. The summed E-state index contributed by atoms with van der Waals surface area (Å²) in [4.78, 5) is 28.2. The maximum absolute atomic E-state index is 12.0. The van der Waals surface area contributed by atoms with Crippen molar-refractivity contribution in [3.63, 3.8) is 0 Å². The first-order valence-electron chi connectivity index (χ1n) is 7.54. The monoisotopic (exact) mass is 357 g/mol. The molecule has 0 aliphatic heterocycles. The van der Waals surface area contributed by atoms with Crippen LogP contribution in [0, 0.1) is 0 Å².